The summed E-state index contributed by atoms with van der Waals surface area (Å²) in [5.41, 5.74) is 0.441. The molecule has 1 saturated carbocycles. The third-order valence-electron chi connectivity index (χ3n) is 6.16. The molecular formula is C24H25ClN4O5. The molecule has 0 saturated heterocycles. The van der Waals surface area contributed by atoms with Crippen LogP contribution in [0.15, 0.2) is 40.9 Å². The van der Waals surface area contributed by atoms with E-state index in [1.54, 1.807) is 6.07 Å². The SMILES string of the molecule is CN(C)C1CCC(C(=O)Nc2c(C(=O)Nc3ccc(Cl)cn3)oc3ccc(C(=O)O)cc23)CC1. The third-order valence-corrected chi connectivity index (χ3v) is 6.38. The maximum Gasteiger partial charge on any atom is 0.335 e. The lowest BCUT2D eigenvalue weighted by Crippen LogP contribution is -2.35. The van der Waals surface area contributed by atoms with Gasteiger partial charge in [-0.2, -0.15) is 0 Å². The van der Waals surface area contributed by atoms with Gasteiger partial charge < -0.3 is 25.1 Å². The van der Waals surface area contributed by atoms with Gasteiger partial charge in [-0.3, -0.25) is 9.59 Å². The zero-order chi connectivity index (χ0) is 24.4. The number of nitrogens with zero attached hydrogens (tertiary/aromatic N) is 2. The van der Waals surface area contributed by atoms with Crippen LogP contribution in [0.4, 0.5) is 11.5 Å². The number of nitrogens with one attached hydrogen (secondary N) is 2. The molecule has 0 spiro atoms. The molecule has 178 valence electrons. The molecule has 0 unspecified atom stereocenters. The summed E-state index contributed by atoms with van der Waals surface area (Å²) >= 11 is 5.85. The number of carbonyl (C=O) groups excluding carboxylic acids is 2. The number of hydrogen-bond acceptors (Lipinski definition) is 6. The number of fused-ring (bicyclic) bond motifs is 1. The van der Waals surface area contributed by atoms with E-state index in [4.69, 9.17) is 16.0 Å². The summed E-state index contributed by atoms with van der Waals surface area (Å²) in [6, 6.07) is 7.78. The molecule has 0 radical (unpaired) electrons. The second kappa shape index (κ2) is 9.82. The lowest BCUT2D eigenvalue weighted by molar-refractivity contribution is -0.121. The quantitative estimate of drug-likeness (QED) is 0.470. The Kier molecular flexibility index (Phi) is 6.85. The molecule has 1 aliphatic carbocycles. The number of carboxylic acid groups (broad SMARTS) is 1. The minimum Gasteiger partial charge on any atom is -0.478 e. The second-order valence-electron chi connectivity index (χ2n) is 8.60. The van der Waals surface area contributed by atoms with E-state index in [0.717, 1.165) is 25.7 Å². The molecule has 3 aromatic rings. The molecule has 0 bridgehead atoms. The summed E-state index contributed by atoms with van der Waals surface area (Å²) in [6.07, 6.45) is 4.63. The lowest BCUT2D eigenvalue weighted by Gasteiger charge is -2.31. The van der Waals surface area contributed by atoms with Crippen LogP contribution < -0.4 is 10.6 Å². The van der Waals surface area contributed by atoms with E-state index in [9.17, 15) is 19.5 Å². The van der Waals surface area contributed by atoms with E-state index in [0.29, 0.717) is 16.5 Å². The number of aromatic carboxylic acids is 1. The predicted molar refractivity (Wildman–Crippen MR) is 128 cm³/mol. The standard InChI is InChI=1S/C24H25ClN4O5/c1-29(2)16-7-3-13(4-8-16)22(30)28-20-17-11-14(24(32)33)5-9-18(17)34-21(20)23(31)27-19-10-6-15(25)12-26-19/h5-6,9-13,16H,3-4,7-8H2,1-2H3,(H,28,30)(H,32,33)(H,26,27,31). The van der Waals surface area contributed by atoms with Gasteiger partial charge in [-0.1, -0.05) is 11.6 Å². The number of hydrogen-bond donors (Lipinski definition) is 3. The minimum absolute atomic E-state index is 0.0154. The van der Waals surface area contributed by atoms with Crippen LogP contribution in [0.2, 0.25) is 5.02 Å². The fourth-order valence-corrected chi connectivity index (χ4v) is 4.33. The van der Waals surface area contributed by atoms with E-state index >= 15 is 0 Å². The van der Waals surface area contributed by atoms with Gasteiger partial charge in [0.15, 0.2) is 0 Å². The fraction of sp³-hybridized carbons (Fsp3) is 0.333. The molecular weight excluding hydrogens is 460 g/mol. The smallest absolute Gasteiger partial charge is 0.335 e. The highest BCUT2D eigenvalue weighted by Crippen LogP contribution is 2.34. The number of anilines is 2. The molecule has 1 aromatic carbocycles. The Morgan fingerprint density at radius 3 is 2.44 bits per heavy atom. The molecule has 34 heavy (non-hydrogen) atoms. The molecule has 0 atom stereocenters. The molecule has 1 fully saturated rings. The van der Waals surface area contributed by atoms with Crippen molar-refractivity contribution < 1.29 is 23.9 Å². The highest BCUT2D eigenvalue weighted by Gasteiger charge is 2.30. The van der Waals surface area contributed by atoms with Crippen molar-refractivity contribution in [1.82, 2.24) is 9.88 Å². The first-order valence-corrected chi connectivity index (χ1v) is 11.3. The minimum atomic E-state index is -1.13. The van der Waals surface area contributed by atoms with E-state index in [1.165, 1.54) is 30.5 Å². The molecule has 4 rings (SSSR count). The van der Waals surface area contributed by atoms with Crippen LogP contribution in [0.25, 0.3) is 11.0 Å². The number of benzene rings is 1. The molecule has 2 heterocycles. The number of furan rings is 1. The molecule has 0 aliphatic heterocycles. The first kappa shape index (κ1) is 23.7. The van der Waals surface area contributed by atoms with Crippen LogP contribution in [-0.4, -0.2) is 52.9 Å². The average molecular weight is 485 g/mol. The number of carbonyl (C=O) groups is 3. The van der Waals surface area contributed by atoms with E-state index in [-0.39, 0.29) is 40.2 Å². The van der Waals surface area contributed by atoms with Crippen LogP contribution in [0, 0.1) is 5.92 Å². The first-order chi connectivity index (χ1) is 16.2. The van der Waals surface area contributed by atoms with Crippen molar-refractivity contribution in [2.75, 3.05) is 24.7 Å². The summed E-state index contributed by atoms with van der Waals surface area (Å²) in [5, 5.41) is 15.6. The number of rotatable bonds is 6. The molecule has 2 amide bonds. The van der Waals surface area contributed by atoms with Gasteiger partial charge in [0.25, 0.3) is 5.91 Å². The maximum atomic E-state index is 13.1. The summed E-state index contributed by atoms with van der Waals surface area (Å²) in [5.74, 6) is -2.07. The number of halogens is 1. The molecule has 10 heteroatoms. The lowest BCUT2D eigenvalue weighted by atomic mass is 9.85. The number of carboxylic acids is 1. The molecule has 2 aromatic heterocycles. The largest absolute Gasteiger partial charge is 0.478 e. The van der Waals surface area contributed by atoms with Gasteiger partial charge in [-0.25, -0.2) is 9.78 Å². The van der Waals surface area contributed by atoms with Crippen molar-refractivity contribution in [1.29, 1.82) is 0 Å². The van der Waals surface area contributed by atoms with Crippen LogP contribution in [-0.2, 0) is 4.79 Å². The highest BCUT2D eigenvalue weighted by molar-refractivity contribution is 6.30. The Bertz CT molecular complexity index is 1230. The fourth-order valence-electron chi connectivity index (χ4n) is 4.22. The zero-order valence-electron chi connectivity index (χ0n) is 18.8. The third kappa shape index (κ3) is 5.05. The summed E-state index contributed by atoms with van der Waals surface area (Å²) in [6.45, 7) is 0. The van der Waals surface area contributed by atoms with Crippen LogP contribution in [0.5, 0.6) is 0 Å². The zero-order valence-corrected chi connectivity index (χ0v) is 19.6. The topological polar surface area (TPSA) is 125 Å². The summed E-state index contributed by atoms with van der Waals surface area (Å²) in [7, 11) is 4.06. The van der Waals surface area contributed by atoms with Gasteiger partial charge in [-0.15, -0.1) is 0 Å². The highest BCUT2D eigenvalue weighted by atomic mass is 35.5. The monoisotopic (exact) mass is 484 g/mol. The second-order valence-corrected chi connectivity index (χ2v) is 9.03. The number of pyridine rings is 1. The van der Waals surface area contributed by atoms with Crippen molar-refractivity contribution in [2.45, 2.75) is 31.7 Å². The van der Waals surface area contributed by atoms with Gasteiger partial charge in [0.1, 0.15) is 17.1 Å². The summed E-state index contributed by atoms with van der Waals surface area (Å²) < 4.78 is 5.75. The van der Waals surface area contributed by atoms with Gasteiger partial charge in [0.05, 0.1) is 10.6 Å². The Labute approximate surface area is 201 Å². The van der Waals surface area contributed by atoms with Gasteiger partial charge in [0, 0.05) is 23.5 Å². The van der Waals surface area contributed by atoms with Gasteiger partial charge in [0.2, 0.25) is 11.7 Å². The molecule has 1 aliphatic rings. The summed E-state index contributed by atoms with van der Waals surface area (Å²) in [4.78, 5) is 43.9. The van der Waals surface area contributed by atoms with Crippen LogP contribution in [0.3, 0.4) is 0 Å². The molecule has 9 nitrogen and oxygen atoms in total. The Balaban J connectivity index is 1.64. The maximum absolute atomic E-state index is 13.1. The van der Waals surface area contributed by atoms with E-state index in [2.05, 4.69) is 20.5 Å². The molecule has 3 N–H and O–H groups in total. The van der Waals surface area contributed by atoms with Crippen molar-refractivity contribution in [3.8, 4) is 0 Å². The Hall–Kier alpha value is -3.43. The van der Waals surface area contributed by atoms with Gasteiger partial charge >= 0.3 is 5.97 Å². The first-order valence-electron chi connectivity index (χ1n) is 10.9. The van der Waals surface area contributed by atoms with Crippen molar-refractivity contribution in [2.24, 2.45) is 5.92 Å². The van der Waals surface area contributed by atoms with E-state index in [1.807, 2.05) is 14.1 Å². The van der Waals surface area contributed by atoms with Crippen molar-refractivity contribution in [3.05, 3.63) is 52.9 Å². The van der Waals surface area contributed by atoms with Crippen LogP contribution in [0.1, 0.15) is 46.6 Å². The van der Waals surface area contributed by atoms with Crippen molar-refractivity contribution >= 4 is 51.9 Å². The van der Waals surface area contributed by atoms with Gasteiger partial charge in [-0.05, 0) is 70.1 Å². The Morgan fingerprint density at radius 1 is 1.09 bits per heavy atom. The average Bonchev–Trinajstić information content (AvgIpc) is 3.18. The predicted octanol–water partition coefficient (Wildman–Crippen LogP) is 4.49. The van der Waals surface area contributed by atoms with E-state index < -0.39 is 11.9 Å². The number of amides is 2. The normalized spacial score (nSPS) is 18.1. The number of aromatic nitrogens is 1. The Morgan fingerprint density at radius 2 is 1.82 bits per heavy atom. The van der Waals surface area contributed by atoms with Crippen molar-refractivity contribution in [3.63, 3.8) is 0 Å². The van der Waals surface area contributed by atoms with Crippen LogP contribution >= 0.6 is 11.6 Å².